The zero-order chi connectivity index (χ0) is 19.0. The van der Waals surface area contributed by atoms with Crippen LogP contribution >= 0.6 is 27.3 Å². The highest BCUT2D eigenvalue weighted by molar-refractivity contribution is 9.10. The standard InChI is InChI=1S/C19H14BrN3O3S/c1-10-17(11-2-5-13(20)6-3-11)22-19(27-10)23-18(25)12-4-7-15-14(8-12)21-16(24)9-26-15/h2-8H,9H2,1H3,(H,21,24)(H,22,23,25). The maximum Gasteiger partial charge on any atom is 0.262 e. The summed E-state index contributed by atoms with van der Waals surface area (Å²) < 4.78 is 6.30. The van der Waals surface area contributed by atoms with E-state index in [0.29, 0.717) is 22.1 Å². The van der Waals surface area contributed by atoms with Gasteiger partial charge in [0.1, 0.15) is 5.75 Å². The fourth-order valence-corrected chi connectivity index (χ4v) is 3.81. The Hall–Kier alpha value is -2.71. The molecular formula is C19H14BrN3O3S. The lowest BCUT2D eigenvalue weighted by atomic mass is 10.1. The van der Waals surface area contributed by atoms with E-state index < -0.39 is 0 Å². The largest absolute Gasteiger partial charge is 0.482 e. The fraction of sp³-hybridized carbons (Fsp3) is 0.105. The van der Waals surface area contributed by atoms with Crippen molar-refractivity contribution >= 4 is 49.9 Å². The Labute approximate surface area is 167 Å². The summed E-state index contributed by atoms with van der Waals surface area (Å²) >= 11 is 4.84. The van der Waals surface area contributed by atoms with Gasteiger partial charge in [0.2, 0.25) is 0 Å². The molecule has 0 bridgehead atoms. The first kappa shape index (κ1) is 17.7. The molecule has 27 heavy (non-hydrogen) atoms. The maximum atomic E-state index is 12.6. The summed E-state index contributed by atoms with van der Waals surface area (Å²) in [4.78, 5) is 29.6. The molecule has 2 N–H and O–H groups in total. The third-order valence-corrected chi connectivity index (χ3v) is 5.42. The van der Waals surface area contributed by atoms with Gasteiger partial charge in [0, 0.05) is 20.5 Å². The molecule has 136 valence electrons. The number of fused-ring (bicyclic) bond motifs is 1. The topological polar surface area (TPSA) is 80.3 Å². The number of carbonyl (C=O) groups is 2. The first-order valence-corrected chi connectivity index (χ1v) is 9.72. The number of nitrogens with one attached hydrogen (secondary N) is 2. The van der Waals surface area contributed by atoms with Crippen LogP contribution in [0.25, 0.3) is 11.3 Å². The van der Waals surface area contributed by atoms with E-state index in [1.807, 2.05) is 31.2 Å². The summed E-state index contributed by atoms with van der Waals surface area (Å²) in [5.74, 6) is 0.0113. The molecule has 1 aromatic heterocycles. The van der Waals surface area contributed by atoms with Crippen LogP contribution in [0.5, 0.6) is 5.75 Å². The van der Waals surface area contributed by atoms with Gasteiger partial charge in [-0.2, -0.15) is 0 Å². The van der Waals surface area contributed by atoms with Crippen LogP contribution < -0.4 is 15.4 Å². The van der Waals surface area contributed by atoms with Crippen molar-refractivity contribution in [3.05, 3.63) is 57.4 Å². The second-order valence-corrected chi connectivity index (χ2v) is 8.05. The molecule has 2 amide bonds. The molecule has 0 aliphatic carbocycles. The molecule has 8 heteroatoms. The number of benzene rings is 2. The second-order valence-electron chi connectivity index (χ2n) is 5.93. The zero-order valence-corrected chi connectivity index (χ0v) is 16.6. The number of aromatic nitrogens is 1. The van der Waals surface area contributed by atoms with E-state index in [4.69, 9.17) is 4.74 Å². The van der Waals surface area contributed by atoms with Gasteiger partial charge in [-0.15, -0.1) is 11.3 Å². The summed E-state index contributed by atoms with van der Waals surface area (Å²) in [6.07, 6.45) is 0. The van der Waals surface area contributed by atoms with E-state index in [0.717, 1.165) is 20.6 Å². The molecule has 0 unspecified atom stereocenters. The molecule has 0 saturated heterocycles. The van der Waals surface area contributed by atoms with Gasteiger partial charge in [-0.3, -0.25) is 14.9 Å². The third kappa shape index (κ3) is 3.72. The van der Waals surface area contributed by atoms with Gasteiger partial charge < -0.3 is 10.1 Å². The number of aryl methyl sites for hydroxylation is 1. The first-order valence-electron chi connectivity index (χ1n) is 8.11. The Kier molecular flexibility index (Phi) is 4.67. The quantitative estimate of drug-likeness (QED) is 0.625. The minimum absolute atomic E-state index is 0.0181. The number of hydrogen-bond acceptors (Lipinski definition) is 5. The normalized spacial score (nSPS) is 12.7. The average molecular weight is 444 g/mol. The summed E-state index contributed by atoms with van der Waals surface area (Å²) in [7, 11) is 0. The molecule has 3 aromatic rings. The van der Waals surface area contributed by atoms with E-state index in [2.05, 4.69) is 31.5 Å². The van der Waals surface area contributed by atoms with Gasteiger partial charge in [0.05, 0.1) is 11.4 Å². The predicted molar refractivity (Wildman–Crippen MR) is 109 cm³/mol. The minimum atomic E-state index is -0.297. The van der Waals surface area contributed by atoms with Gasteiger partial charge in [-0.1, -0.05) is 28.1 Å². The molecule has 0 radical (unpaired) electrons. The smallest absolute Gasteiger partial charge is 0.262 e. The third-order valence-electron chi connectivity index (χ3n) is 4.01. The van der Waals surface area contributed by atoms with Crippen LogP contribution in [0.4, 0.5) is 10.8 Å². The van der Waals surface area contributed by atoms with E-state index in [1.54, 1.807) is 18.2 Å². The first-order chi connectivity index (χ1) is 13.0. The average Bonchev–Trinajstić information content (AvgIpc) is 3.01. The van der Waals surface area contributed by atoms with Crippen LogP contribution in [0.15, 0.2) is 46.9 Å². The van der Waals surface area contributed by atoms with E-state index >= 15 is 0 Å². The van der Waals surface area contributed by atoms with Crippen molar-refractivity contribution in [2.75, 3.05) is 17.2 Å². The van der Waals surface area contributed by atoms with Crippen LogP contribution in [0, 0.1) is 6.92 Å². The van der Waals surface area contributed by atoms with Crippen molar-refractivity contribution in [1.29, 1.82) is 0 Å². The van der Waals surface area contributed by atoms with Crippen molar-refractivity contribution in [3.8, 4) is 17.0 Å². The lowest BCUT2D eigenvalue weighted by Gasteiger charge is -2.18. The van der Waals surface area contributed by atoms with Crippen LogP contribution in [-0.4, -0.2) is 23.4 Å². The number of rotatable bonds is 3. The SMILES string of the molecule is Cc1sc(NC(=O)c2ccc3c(c2)NC(=O)CO3)nc1-c1ccc(Br)cc1. The Balaban J connectivity index is 1.55. The van der Waals surface area contributed by atoms with E-state index in [9.17, 15) is 9.59 Å². The summed E-state index contributed by atoms with van der Waals surface area (Å²) in [5.41, 5.74) is 2.73. The predicted octanol–water partition coefficient (Wildman–Crippen LogP) is 4.46. The number of nitrogens with zero attached hydrogens (tertiary/aromatic N) is 1. The van der Waals surface area contributed by atoms with Crippen LogP contribution in [0.2, 0.25) is 0 Å². The number of anilines is 2. The summed E-state index contributed by atoms with van der Waals surface area (Å²) in [6.45, 7) is 1.95. The fourth-order valence-electron chi connectivity index (χ4n) is 2.72. The number of carbonyl (C=O) groups excluding carboxylic acids is 2. The molecule has 0 saturated carbocycles. The van der Waals surface area contributed by atoms with Gasteiger partial charge >= 0.3 is 0 Å². The number of hydrogen-bond donors (Lipinski definition) is 2. The highest BCUT2D eigenvalue weighted by Crippen LogP contribution is 2.32. The maximum absolute atomic E-state index is 12.6. The molecule has 0 spiro atoms. The summed E-state index contributed by atoms with van der Waals surface area (Å²) in [6, 6.07) is 12.8. The van der Waals surface area contributed by atoms with Crippen molar-refractivity contribution in [1.82, 2.24) is 4.98 Å². The molecule has 2 aromatic carbocycles. The van der Waals surface area contributed by atoms with Crippen LogP contribution in [0.1, 0.15) is 15.2 Å². The number of ether oxygens (including phenoxy) is 1. The van der Waals surface area contributed by atoms with Gasteiger partial charge in [0.15, 0.2) is 11.7 Å². The second kappa shape index (κ2) is 7.13. The Morgan fingerprint density at radius 3 is 2.81 bits per heavy atom. The van der Waals surface area contributed by atoms with E-state index in [-0.39, 0.29) is 18.4 Å². The van der Waals surface area contributed by atoms with Crippen molar-refractivity contribution in [3.63, 3.8) is 0 Å². The Morgan fingerprint density at radius 2 is 2.04 bits per heavy atom. The lowest BCUT2D eigenvalue weighted by molar-refractivity contribution is -0.118. The highest BCUT2D eigenvalue weighted by Gasteiger charge is 2.19. The monoisotopic (exact) mass is 443 g/mol. The van der Waals surface area contributed by atoms with Crippen LogP contribution in [0.3, 0.4) is 0 Å². The Morgan fingerprint density at radius 1 is 1.26 bits per heavy atom. The number of thiazole rings is 1. The molecule has 0 atom stereocenters. The minimum Gasteiger partial charge on any atom is -0.482 e. The molecule has 6 nitrogen and oxygen atoms in total. The van der Waals surface area contributed by atoms with Gasteiger partial charge in [0.25, 0.3) is 11.8 Å². The van der Waals surface area contributed by atoms with Gasteiger partial charge in [-0.05, 0) is 37.3 Å². The van der Waals surface area contributed by atoms with Crippen LogP contribution in [-0.2, 0) is 4.79 Å². The molecular weight excluding hydrogens is 430 g/mol. The van der Waals surface area contributed by atoms with Crippen molar-refractivity contribution < 1.29 is 14.3 Å². The molecule has 1 aliphatic heterocycles. The van der Waals surface area contributed by atoms with E-state index in [1.165, 1.54) is 11.3 Å². The molecule has 2 heterocycles. The zero-order valence-electron chi connectivity index (χ0n) is 14.2. The molecule has 4 rings (SSSR count). The Bertz CT molecular complexity index is 1050. The number of amides is 2. The summed E-state index contributed by atoms with van der Waals surface area (Å²) in [5, 5.41) is 6.04. The van der Waals surface area contributed by atoms with Crippen molar-refractivity contribution in [2.45, 2.75) is 6.92 Å². The number of halogens is 1. The lowest BCUT2D eigenvalue weighted by Crippen LogP contribution is -2.25. The van der Waals surface area contributed by atoms with Crippen molar-refractivity contribution in [2.24, 2.45) is 0 Å². The highest BCUT2D eigenvalue weighted by atomic mass is 79.9. The van der Waals surface area contributed by atoms with Gasteiger partial charge in [-0.25, -0.2) is 4.98 Å². The molecule has 1 aliphatic rings. The molecule has 0 fully saturated rings.